The topological polar surface area (TPSA) is 6.48 Å². The second-order valence-corrected chi connectivity index (χ2v) is 7.16. The lowest BCUT2D eigenvalue weighted by Gasteiger charge is -2.30. The molecule has 2 aromatic carbocycles. The van der Waals surface area contributed by atoms with Crippen LogP contribution in [-0.4, -0.2) is 31.1 Å². The second-order valence-electron chi connectivity index (χ2n) is 7.16. The standard InChI is InChI=1S/C22H28N2/c1-6-15-23(16-7-1)17-8-18-24-21-11-4-2-9-19(21)13-14-20-10-3-5-12-22(20)24/h2-5,9-12H,1,6-8,13-18H2. The number of benzene rings is 2. The van der Waals surface area contributed by atoms with Gasteiger partial charge in [-0.15, -0.1) is 0 Å². The van der Waals surface area contributed by atoms with E-state index in [-0.39, 0.29) is 0 Å². The fourth-order valence-corrected chi connectivity index (χ4v) is 4.25. The number of rotatable bonds is 4. The van der Waals surface area contributed by atoms with E-state index in [2.05, 4.69) is 58.3 Å². The molecule has 0 amide bonds. The molecule has 0 spiro atoms. The predicted molar refractivity (Wildman–Crippen MR) is 102 cm³/mol. The number of aryl methyl sites for hydroxylation is 2. The molecule has 0 radical (unpaired) electrons. The molecule has 2 nitrogen and oxygen atoms in total. The van der Waals surface area contributed by atoms with Crippen LogP contribution < -0.4 is 4.90 Å². The van der Waals surface area contributed by atoms with E-state index in [1.165, 1.54) is 67.8 Å². The maximum absolute atomic E-state index is 2.65. The van der Waals surface area contributed by atoms with Crippen LogP contribution in [0, 0.1) is 0 Å². The number of hydrogen-bond donors (Lipinski definition) is 0. The van der Waals surface area contributed by atoms with E-state index in [4.69, 9.17) is 0 Å². The molecule has 0 atom stereocenters. The lowest BCUT2D eigenvalue weighted by atomic mass is 10.0. The van der Waals surface area contributed by atoms with Crippen LogP contribution in [-0.2, 0) is 12.8 Å². The molecule has 1 saturated heterocycles. The van der Waals surface area contributed by atoms with Gasteiger partial charge < -0.3 is 9.80 Å². The molecule has 0 bridgehead atoms. The number of fused-ring (bicyclic) bond motifs is 2. The molecular formula is C22H28N2. The molecule has 2 heterocycles. The number of piperidine rings is 1. The van der Waals surface area contributed by atoms with Crippen LogP contribution in [0.25, 0.3) is 0 Å². The van der Waals surface area contributed by atoms with Gasteiger partial charge in [0, 0.05) is 17.9 Å². The Hall–Kier alpha value is -1.80. The SMILES string of the molecule is c1ccc2c(c1)CCc1ccccc1N2CCCN1CCCCC1. The van der Waals surface area contributed by atoms with Gasteiger partial charge in [-0.2, -0.15) is 0 Å². The van der Waals surface area contributed by atoms with E-state index in [1.807, 2.05) is 0 Å². The average Bonchev–Trinajstić information content (AvgIpc) is 2.80. The van der Waals surface area contributed by atoms with Crippen LogP contribution in [0.1, 0.15) is 36.8 Å². The number of anilines is 2. The van der Waals surface area contributed by atoms with E-state index < -0.39 is 0 Å². The van der Waals surface area contributed by atoms with Crippen molar-refractivity contribution in [3.05, 3.63) is 59.7 Å². The molecule has 2 aromatic rings. The summed E-state index contributed by atoms with van der Waals surface area (Å²) < 4.78 is 0. The molecule has 1 fully saturated rings. The summed E-state index contributed by atoms with van der Waals surface area (Å²) in [4.78, 5) is 5.22. The van der Waals surface area contributed by atoms with Gasteiger partial charge in [0.1, 0.15) is 0 Å². The molecule has 0 aliphatic carbocycles. The van der Waals surface area contributed by atoms with Crippen LogP contribution >= 0.6 is 0 Å². The normalized spacial score (nSPS) is 17.9. The third-order valence-electron chi connectivity index (χ3n) is 5.53. The first-order valence-electron chi connectivity index (χ1n) is 9.57. The molecule has 24 heavy (non-hydrogen) atoms. The zero-order chi connectivity index (χ0) is 16.2. The van der Waals surface area contributed by atoms with E-state index in [9.17, 15) is 0 Å². The Morgan fingerprint density at radius 2 is 1.25 bits per heavy atom. The first-order valence-corrected chi connectivity index (χ1v) is 9.57. The summed E-state index contributed by atoms with van der Waals surface area (Å²) in [5.41, 5.74) is 5.82. The molecule has 126 valence electrons. The zero-order valence-electron chi connectivity index (χ0n) is 14.6. The van der Waals surface area contributed by atoms with Gasteiger partial charge in [-0.25, -0.2) is 0 Å². The number of likely N-dealkylation sites (tertiary alicyclic amines) is 1. The molecule has 0 aromatic heterocycles. The van der Waals surface area contributed by atoms with Crippen molar-refractivity contribution in [2.75, 3.05) is 31.1 Å². The Labute approximate surface area is 146 Å². The third kappa shape index (κ3) is 3.34. The van der Waals surface area contributed by atoms with Crippen molar-refractivity contribution >= 4 is 11.4 Å². The van der Waals surface area contributed by atoms with E-state index in [1.54, 1.807) is 0 Å². The Bertz CT molecular complexity index is 626. The van der Waals surface area contributed by atoms with Gasteiger partial charge in [-0.1, -0.05) is 42.8 Å². The Balaban J connectivity index is 1.54. The first-order chi connectivity index (χ1) is 11.9. The number of para-hydroxylation sites is 2. The molecule has 2 heteroatoms. The van der Waals surface area contributed by atoms with Crippen molar-refractivity contribution < 1.29 is 0 Å². The van der Waals surface area contributed by atoms with Gasteiger partial charge in [0.25, 0.3) is 0 Å². The summed E-state index contributed by atoms with van der Waals surface area (Å²) in [7, 11) is 0. The summed E-state index contributed by atoms with van der Waals surface area (Å²) in [6.45, 7) is 4.95. The second kappa shape index (κ2) is 7.40. The fourth-order valence-electron chi connectivity index (χ4n) is 4.25. The minimum Gasteiger partial charge on any atom is -0.341 e. The molecule has 0 saturated carbocycles. The first kappa shape index (κ1) is 15.7. The average molecular weight is 320 g/mol. The van der Waals surface area contributed by atoms with Gasteiger partial charge in [0.2, 0.25) is 0 Å². The smallest absolute Gasteiger partial charge is 0.0443 e. The van der Waals surface area contributed by atoms with Crippen LogP contribution in [0.4, 0.5) is 11.4 Å². The van der Waals surface area contributed by atoms with E-state index >= 15 is 0 Å². The molecule has 0 N–H and O–H groups in total. The van der Waals surface area contributed by atoms with Crippen molar-refractivity contribution in [2.24, 2.45) is 0 Å². The van der Waals surface area contributed by atoms with E-state index in [0.717, 1.165) is 19.4 Å². The minimum absolute atomic E-state index is 1.12. The zero-order valence-corrected chi connectivity index (χ0v) is 14.6. The van der Waals surface area contributed by atoms with Crippen molar-refractivity contribution in [2.45, 2.75) is 38.5 Å². The largest absolute Gasteiger partial charge is 0.341 e. The van der Waals surface area contributed by atoms with Crippen molar-refractivity contribution in [1.82, 2.24) is 4.90 Å². The summed E-state index contributed by atoms with van der Waals surface area (Å²) in [5.74, 6) is 0. The lowest BCUT2D eigenvalue weighted by molar-refractivity contribution is 0.227. The lowest BCUT2D eigenvalue weighted by Crippen LogP contribution is -2.32. The van der Waals surface area contributed by atoms with Gasteiger partial charge in [-0.05, 0) is 75.0 Å². The van der Waals surface area contributed by atoms with E-state index in [0.29, 0.717) is 0 Å². The maximum atomic E-state index is 2.65. The number of nitrogens with zero attached hydrogens (tertiary/aromatic N) is 2. The fraction of sp³-hybridized carbons (Fsp3) is 0.455. The quantitative estimate of drug-likeness (QED) is 0.798. The monoisotopic (exact) mass is 320 g/mol. The number of hydrogen-bond acceptors (Lipinski definition) is 2. The molecule has 0 unspecified atom stereocenters. The highest BCUT2D eigenvalue weighted by atomic mass is 15.2. The molecule has 2 aliphatic rings. The highest BCUT2D eigenvalue weighted by Gasteiger charge is 2.20. The summed E-state index contributed by atoms with van der Waals surface area (Å²) in [6, 6.07) is 17.9. The molecular weight excluding hydrogens is 292 g/mol. The van der Waals surface area contributed by atoms with Gasteiger partial charge >= 0.3 is 0 Å². The van der Waals surface area contributed by atoms with Crippen LogP contribution in [0.15, 0.2) is 48.5 Å². The van der Waals surface area contributed by atoms with Gasteiger partial charge in [-0.3, -0.25) is 0 Å². The summed E-state index contributed by atoms with van der Waals surface area (Å²) in [6.07, 6.45) is 7.72. The Morgan fingerprint density at radius 3 is 1.88 bits per heavy atom. The summed E-state index contributed by atoms with van der Waals surface area (Å²) in [5, 5.41) is 0. The van der Waals surface area contributed by atoms with Gasteiger partial charge in [0.15, 0.2) is 0 Å². The van der Waals surface area contributed by atoms with Crippen LogP contribution in [0.5, 0.6) is 0 Å². The van der Waals surface area contributed by atoms with Gasteiger partial charge in [0.05, 0.1) is 0 Å². The van der Waals surface area contributed by atoms with Crippen LogP contribution in [0.3, 0.4) is 0 Å². The van der Waals surface area contributed by atoms with Crippen LogP contribution in [0.2, 0.25) is 0 Å². The summed E-state index contributed by atoms with van der Waals surface area (Å²) >= 11 is 0. The van der Waals surface area contributed by atoms with Crippen molar-refractivity contribution in [1.29, 1.82) is 0 Å². The van der Waals surface area contributed by atoms with Crippen molar-refractivity contribution in [3.8, 4) is 0 Å². The Morgan fingerprint density at radius 1 is 0.667 bits per heavy atom. The Kier molecular flexibility index (Phi) is 4.84. The maximum Gasteiger partial charge on any atom is 0.0443 e. The highest BCUT2D eigenvalue weighted by molar-refractivity contribution is 5.71. The molecule has 2 aliphatic heterocycles. The third-order valence-corrected chi connectivity index (χ3v) is 5.53. The highest BCUT2D eigenvalue weighted by Crippen LogP contribution is 2.35. The van der Waals surface area contributed by atoms with Crippen molar-refractivity contribution in [3.63, 3.8) is 0 Å². The predicted octanol–water partition coefficient (Wildman–Crippen LogP) is 4.80. The minimum atomic E-state index is 1.12. The molecule has 4 rings (SSSR count).